The fraction of sp³-hybridized carbons (Fsp3) is 0.385. The molecule has 39 heavy (non-hydrogen) atoms. The fourth-order valence-electron chi connectivity index (χ4n) is 4.28. The van der Waals surface area contributed by atoms with Gasteiger partial charge >= 0.3 is 24.3 Å². The van der Waals surface area contributed by atoms with Gasteiger partial charge < -0.3 is 30.5 Å². The summed E-state index contributed by atoms with van der Waals surface area (Å²) in [6.07, 6.45) is -3.37. The van der Waals surface area contributed by atoms with E-state index in [1.165, 1.54) is 12.1 Å². The van der Waals surface area contributed by atoms with E-state index in [4.69, 9.17) is 5.11 Å². The van der Waals surface area contributed by atoms with E-state index in [0.29, 0.717) is 36.8 Å². The van der Waals surface area contributed by atoms with Gasteiger partial charge in [0.2, 0.25) is 0 Å². The van der Waals surface area contributed by atoms with Crippen molar-refractivity contribution < 1.29 is 47.3 Å². The van der Waals surface area contributed by atoms with Gasteiger partial charge in [-0.05, 0) is 67.6 Å². The van der Waals surface area contributed by atoms with Crippen molar-refractivity contribution >= 4 is 29.6 Å². The van der Waals surface area contributed by atoms with Gasteiger partial charge in [-0.2, -0.15) is 0 Å². The zero-order chi connectivity index (χ0) is 28.6. The van der Waals surface area contributed by atoms with Crippen LogP contribution in [0.15, 0.2) is 48.5 Å². The number of anilines is 1. The van der Waals surface area contributed by atoms with Crippen LogP contribution in [0, 0.1) is 5.92 Å². The average Bonchev–Trinajstić information content (AvgIpc) is 2.87. The molecule has 1 fully saturated rings. The summed E-state index contributed by atoms with van der Waals surface area (Å²) in [5, 5.41) is 23.2. The summed E-state index contributed by atoms with van der Waals surface area (Å²) in [6, 6.07) is 10.3. The number of hydrogen-bond donors (Lipinski definition) is 4. The van der Waals surface area contributed by atoms with Gasteiger partial charge in [0.15, 0.2) is 0 Å². The van der Waals surface area contributed by atoms with Crippen LogP contribution < -0.4 is 15.4 Å². The van der Waals surface area contributed by atoms with Crippen molar-refractivity contribution in [3.8, 4) is 5.75 Å². The topological polar surface area (TPSA) is 145 Å². The van der Waals surface area contributed by atoms with Crippen molar-refractivity contribution in [3.05, 3.63) is 59.7 Å². The smallest absolute Gasteiger partial charge is 0.481 e. The molecule has 0 atom stereocenters. The van der Waals surface area contributed by atoms with Crippen LogP contribution in [0.25, 0.3) is 0 Å². The number of carbonyl (C=O) groups is 4. The predicted molar refractivity (Wildman–Crippen MR) is 132 cm³/mol. The largest absolute Gasteiger partial charge is 0.573 e. The van der Waals surface area contributed by atoms with Crippen LogP contribution in [0.1, 0.15) is 48.0 Å². The highest BCUT2D eigenvalue weighted by molar-refractivity contribution is 5.94. The molecular formula is C26H28F3N3O7. The van der Waals surface area contributed by atoms with Crippen molar-refractivity contribution in [2.24, 2.45) is 5.92 Å². The molecule has 2 aromatic carbocycles. The second-order valence-corrected chi connectivity index (χ2v) is 9.07. The number of nitrogens with zero attached hydrogens (tertiary/aromatic N) is 1. The van der Waals surface area contributed by atoms with E-state index in [1.54, 1.807) is 29.2 Å². The summed E-state index contributed by atoms with van der Waals surface area (Å²) in [6.45, 7) is 0.108. The van der Waals surface area contributed by atoms with Crippen LogP contribution in [0.3, 0.4) is 0 Å². The standard InChI is InChI=1S/C26H28F3N3O7/c27-26(28,29)39-21-11-7-19(8-12-21)31-25(38)32(20-9-5-18(6-10-20)24(36)37)15-16-1-3-17(4-2-16)23(35)30-14-13-22(33)34/h1-4,7-8,11-12,18,20H,5-6,9-10,13-15H2,(H,30,35)(H,31,38)(H,33,34)(H,36,37). The molecule has 0 saturated heterocycles. The van der Waals surface area contributed by atoms with E-state index < -0.39 is 41.9 Å². The quantitative estimate of drug-likeness (QED) is 0.341. The first-order valence-corrected chi connectivity index (χ1v) is 12.2. The fourth-order valence-corrected chi connectivity index (χ4v) is 4.28. The van der Waals surface area contributed by atoms with Crippen molar-refractivity contribution in [2.75, 3.05) is 11.9 Å². The molecule has 0 bridgehead atoms. The van der Waals surface area contributed by atoms with E-state index in [9.17, 15) is 37.5 Å². The van der Waals surface area contributed by atoms with Crippen molar-refractivity contribution in [3.63, 3.8) is 0 Å². The molecule has 0 aliphatic heterocycles. The Hall–Kier alpha value is -4.29. The molecule has 0 aromatic heterocycles. The van der Waals surface area contributed by atoms with E-state index in [1.807, 2.05) is 0 Å². The lowest BCUT2D eigenvalue weighted by atomic mass is 9.85. The summed E-state index contributed by atoms with van der Waals surface area (Å²) in [4.78, 5) is 49.0. The van der Waals surface area contributed by atoms with Gasteiger partial charge in [0.05, 0.1) is 12.3 Å². The van der Waals surface area contributed by atoms with Gasteiger partial charge in [-0.3, -0.25) is 14.4 Å². The molecule has 1 saturated carbocycles. The van der Waals surface area contributed by atoms with E-state index >= 15 is 0 Å². The summed E-state index contributed by atoms with van der Waals surface area (Å²) in [7, 11) is 0. The number of hydrogen-bond acceptors (Lipinski definition) is 5. The number of aliphatic carboxylic acids is 2. The van der Waals surface area contributed by atoms with Gasteiger partial charge in [-0.1, -0.05) is 12.1 Å². The molecule has 10 nitrogen and oxygen atoms in total. The number of rotatable bonds is 10. The monoisotopic (exact) mass is 551 g/mol. The number of halogens is 3. The summed E-state index contributed by atoms with van der Waals surface area (Å²) in [5.41, 5.74) is 1.23. The Balaban J connectivity index is 1.71. The first kappa shape index (κ1) is 29.3. The molecule has 0 spiro atoms. The number of amides is 3. The lowest BCUT2D eigenvalue weighted by Gasteiger charge is -2.36. The average molecular weight is 552 g/mol. The number of carbonyl (C=O) groups excluding carboxylic acids is 2. The minimum Gasteiger partial charge on any atom is -0.481 e. The first-order chi connectivity index (χ1) is 18.4. The number of alkyl halides is 3. The number of benzene rings is 2. The highest BCUT2D eigenvalue weighted by atomic mass is 19.4. The number of nitrogens with one attached hydrogen (secondary N) is 2. The van der Waals surface area contributed by atoms with Crippen molar-refractivity contribution in [1.82, 2.24) is 10.2 Å². The SMILES string of the molecule is O=C(O)CCNC(=O)c1ccc(CN(C(=O)Nc2ccc(OC(F)(F)F)cc2)C2CCC(C(=O)O)CC2)cc1. The lowest BCUT2D eigenvalue weighted by molar-refractivity contribution is -0.274. The normalized spacial score (nSPS) is 17.1. The Morgan fingerprint density at radius 1 is 0.923 bits per heavy atom. The maximum Gasteiger partial charge on any atom is 0.573 e. The molecule has 1 aliphatic carbocycles. The van der Waals surface area contributed by atoms with Crippen molar-refractivity contribution in [1.29, 1.82) is 0 Å². The molecule has 0 heterocycles. The minimum absolute atomic E-state index is 0.0216. The molecule has 3 amide bonds. The van der Waals surface area contributed by atoms with Crippen LogP contribution in [0.2, 0.25) is 0 Å². The van der Waals surface area contributed by atoms with Crippen LogP contribution >= 0.6 is 0 Å². The Bertz CT molecular complexity index is 1160. The minimum atomic E-state index is -4.84. The number of ether oxygens (including phenoxy) is 1. The first-order valence-electron chi connectivity index (χ1n) is 12.2. The molecule has 1 aliphatic rings. The summed E-state index contributed by atoms with van der Waals surface area (Å²) < 4.78 is 41.1. The van der Waals surface area contributed by atoms with Crippen LogP contribution in [0.5, 0.6) is 5.75 Å². The molecular weight excluding hydrogens is 523 g/mol. The summed E-state index contributed by atoms with van der Waals surface area (Å²) in [5.74, 6) is -3.29. The second kappa shape index (κ2) is 13.0. The maximum absolute atomic E-state index is 13.3. The van der Waals surface area contributed by atoms with Gasteiger partial charge in [0.25, 0.3) is 5.91 Å². The zero-order valence-electron chi connectivity index (χ0n) is 20.7. The zero-order valence-corrected chi connectivity index (χ0v) is 20.7. The van der Waals surface area contributed by atoms with Gasteiger partial charge in [0, 0.05) is 30.4 Å². The van der Waals surface area contributed by atoms with E-state index in [0.717, 1.165) is 12.1 Å². The Labute approximate surface area is 221 Å². The highest BCUT2D eigenvalue weighted by Crippen LogP contribution is 2.30. The van der Waals surface area contributed by atoms with Crippen LogP contribution in [0.4, 0.5) is 23.7 Å². The Morgan fingerprint density at radius 3 is 2.08 bits per heavy atom. The Morgan fingerprint density at radius 2 is 1.54 bits per heavy atom. The number of carboxylic acids is 2. The molecule has 0 radical (unpaired) electrons. The second-order valence-electron chi connectivity index (χ2n) is 9.07. The third-order valence-corrected chi connectivity index (χ3v) is 6.28. The Kier molecular flexibility index (Phi) is 9.74. The third-order valence-electron chi connectivity index (χ3n) is 6.28. The van der Waals surface area contributed by atoms with Gasteiger partial charge in [-0.15, -0.1) is 13.2 Å². The van der Waals surface area contributed by atoms with E-state index in [-0.39, 0.29) is 31.2 Å². The van der Waals surface area contributed by atoms with Gasteiger partial charge in [-0.25, -0.2) is 4.79 Å². The predicted octanol–water partition coefficient (Wildman–Crippen LogP) is 4.47. The van der Waals surface area contributed by atoms with Crippen molar-refractivity contribution in [2.45, 2.75) is 51.1 Å². The number of urea groups is 1. The third kappa shape index (κ3) is 9.20. The molecule has 0 unspecified atom stereocenters. The summed E-state index contributed by atoms with van der Waals surface area (Å²) >= 11 is 0. The maximum atomic E-state index is 13.3. The van der Waals surface area contributed by atoms with Crippen LogP contribution in [-0.4, -0.2) is 57.9 Å². The van der Waals surface area contributed by atoms with Gasteiger partial charge in [0.1, 0.15) is 5.75 Å². The molecule has 13 heteroatoms. The highest BCUT2D eigenvalue weighted by Gasteiger charge is 2.32. The molecule has 4 N–H and O–H groups in total. The van der Waals surface area contributed by atoms with E-state index in [2.05, 4.69) is 15.4 Å². The molecule has 3 rings (SSSR count). The van der Waals surface area contributed by atoms with Crippen LogP contribution in [-0.2, 0) is 16.1 Å². The molecule has 2 aromatic rings. The molecule has 210 valence electrons. The lowest BCUT2D eigenvalue weighted by Crippen LogP contribution is -2.44. The number of carboxylic acid groups (broad SMARTS) is 2.